The van der Waals surface area contributed by atoms with Gasteiger partial charge < -0.3 is 19.4 Å². The molecule has 0 aromatic carbocycles. The molecule has 5 rings (SSSR count). The number of fused-ring (bicyclic) bond motifs is 2. The maximum atomic E-state index is 13.1. The van der Waals surface area contributed by atoms with Crippen LogP contribution in [-0.2, 0) is 15.1 Å². The molecule has 2 aromatic rings. The Morgan fingerprint density at radius 1 is 1.15 bits per heavy atom. The fraction of sp³-hybridized carbons (Fsp3) is 0.640. The molecule has 1 unspecified atom stereocenters. The van der Waals surface area contributed by atoms with Gasteiger partial charge >= 0.3 is 6.09 Å². The number of nitrogens with one attached hydrogen (secondary N) is 1. The van der Waals surface area contributed by atoms with Crippen molar-refractivity contribution in [1.82, 2.24) is 19.6 Å². The van der Waals surface area contributed by atoms with Crippen LogP contribution in [0.3, 0.4) is 0 Å². The zero-order valence-corrected chi connectivity index (χ0v) is 20.9. The number of rotatable bonds is 5. The highest BCUT2D eigenvalue weighted by Crippen LogP contribution is 2.52. The maximum absolute atomic E-state index is 13.1. The Hall–Kier alpha value is -2.22. The average molecular weight is 471 g/mol. The molecule has 2 aliphatic carbocycles. The predicted molar refractivity (Wildman–Crippen MR) is 128 cm³/mol. The minimum atomic E-state index is -0.606. The van der Waals surface area contributed by atoms with E-state index in [1.807, 2.05) is 58.8 Å². The number of nitrogens with zero attached hydrogens (tertiary/aromatic N) is 3. The molecule has 3 heterocycles. The lowest BCUT2D eigenvalue weighted by Gasteiger charge is -2.28. The van der Waals surface area contributed by atoms with Gasteiger partial charge in [-0.15, -0.1) is 11.8 Å². The lowest BCUT2D eigenvalue weighted by molar-refractivity contribution is -0.125. The van der Waals surface area contributed by atoms with Crippen molar-refractivity contribution in [3.05, 3.63) is 30.4 Å². The first-order chi connectivity index (χ1) is 15.5. The summed E-state index contributed by atoms with van der Waals surface area (Å²) < 4.78 is 7.59. The third-order valence-corrected chi connectivity index (χ3v) is 8.42. The Morgan fingerprint density at radius 2 is 1.85 bits per heavy atom. The number of hydrogen-bond acceptors (Lipinski definition) is 5. The number of piperidine rings is 1. The standard InChI is InChI=1S/C25H34N4O3S/c1-24(2,3)32-23(31)28-13-16-17(14-28)20(16)21(30)27-25(4,5)22-26-12-18-19(10-7-11-29(18)22)33-15-8-6-9-15/h7,10-12,15-17,20H,6,8-9,13-14H2,1-5H3,(H,27,30)/t16-,17+,20?. The van der Waals surface area contributed by atoms with Crippen LogP contribution in [0.4, 0.5) is 4.79 Å². The zero-order chi connectivity index (χ0) is 23.5. The topological polar surface area (TPSA) is 75.9 Å². The van der Waals surface area contributed by atoms with Gasteiger partial charge in [-0.25, -0.2) is 9.78 Å². The summed E-state index contributed by atoms with van der Waals surface area (Å²) in [4.78, 5) is 33.2. The van der Waals surface area contributed by atoms with Crippen LogP contribution in [0.2, 0.25) is 0 Å². The van der Waals surface area contributed by atoms with E-state index in [2.05, 4.69) is 21.9 Å². The van der Waals surface area contributed by atoms with E-state index in [-0.39, 0.29) is 29.8 Å². The molecular formula is C25H34N4O3S. The van der Waals surface area contributed by atoms with Gasteiger partial charge in [0.2, 0.25) is 5.91 Å². The number of hydrogen-bond donors (Lipinski definition) is 1. The second-order valence-corrected chi connectivity index (χ2v) is 12.6. The zero-order valence-electron chi connectivity index (χ0n) is 20.1. The highest BCUT2D eigenvalue weighted by molar-refractivity contribution is 8.00. The first kappa shape index (κ1) is 22.6. The van der Waals surface area contributed by atoms with Crippen LogP contribution in [0.15, 0.2) is 29.4 Å². The Balaban J connectivity index is 1.23. The normalized spacial score (nSPS) is 25.0. The van der Waals surface area contributed by atoms with Crippen molar-refractivity contribution in [2.24, 2.45) is 17.8 Å². The molecular weight excluding hydrogens is 436 g/mol. The van der Waals surface area contributed by atoms with E-state index in [9.17, 15) is 9.59 Å². The molecule has 3 fully saturated rings. The summed E-state index contributed by atoms with van der Waals surface area (Å²) in [5.41, 5.74) is -0.0122. The SMILES string of the molecule is CC(C)(C)OC(=O)N1C[C@@H]2C(C(=O)NC(C)(C)c3ncc4c(SC5CCC5)cccn34)[C@@H]2C1. The number of carbonyl (C=O) groups excluding carboxylic acids is 2. The van der Waals surface area contributed by atoms with Gasteiger partial charge in [0.25, 0.3) is 0 Å². The number of carbonyl (C=O) groups is 2. The molecule has 1 aliphatic heterocycles. The quantitative estimate of drug-likeness (QED) is 0.699. The lowest BCUT2D eigenvalue weighted by atomic mass is 10.0. The minimum Gasteiger partial charge on any atom is -0.444 e. The smallest absolute Gasteiger partial charge is 0.410 e. The fourth-order valence-corrected chi connectivity index (χ4v) is 6.42. The van der Waals surface area contributed by atoms with Crippen LogP contribution < -0.4 is 5.32 Å². The molecule has 178 valence electrons. The van der Waals surface area contributed by atoms with Gasteiger partial charge in [-0.05, 0) is 71.4 Å². The van der Waals surface area contributed by atoms with Crippen molar-refractivity contribution in [3.63, 3.8) is 0 Å². The number of pyridine rings is 1. The number of thioether (sulfide) groups is 1. The van der Waals surface area contributed by atoms with Gasteiger partial charge in [0.15, 0.2) is 0 Å². The summed E-state index contributed by atoms with van der Waals surface area (Å²) in [6.45, 7) is 10.8. The van der Waals surface area contributed by atoms with Gasteiger partial charge in [0.05, 0.1) is 17.3 Å². The van der Waals surface area contributed by atoms with Crippen LogP contribution in [-0.4, -0.2) is 50.2 Å². The Kier molecular flexibility index (Phi) is 5.42. The van der Waals surface area contributed by atoms with Crippen LogP contribution in [0, 0.1) is 17.8 Å². The first-order valence-corrected chi connectivity index (χ1v) is 12.8. The number of imidazole rings is 1. The summed E-state index contributed by atoms with van der Waals surface area (Å²) in [5.74, 6) is 1.28. The van der Waals surface area contributed by atoms with Crippen molar-refractivity contribution in [1.29, 1.82) is 0 Å². The van der Waals surface area contributed by atoms with Crippen LogP contribution >= 0.6 is 11.8 Å². The van der Waals surface area contributed by atoms with Crippen molar-refractivity contribution >= 4 is 29.3 Å². The molecule has 2 saturated carbocycles. The Morgan fingerprint density at radius 3 is 2.45 bits per heavy atom. The summed E-state index contributed by atoms with van der Waals surface area (Å²) in [6, 6.07) is 4.23. The van der Waals surface area contributed by atoms with Crippen molar-refractivity contribution in [2.45, 2.75) is 75.2 Å². The monoisotopic (exact) mass is 470 g/mol. The summed E-state index contributed by atoms with van der Waals surface area (Å²) in [5, 5.41) is 3.95. The van der Waals surface area contributed by atoms with Gasteiger partial charge in [0, 0.05) is 35.3 Å². The summed E-state index contributed by atoms with van der Waals surface area (Å²) >= 11 is 1.94. The van der Waals surface area contributed by atoms with Crippen molar-refractivity contribution < 1.29 is 14.3 Å². The lowest BCUT2D eigenvalue weighted by Crippen LogP contribution is -2.45. The van der Waals surface area contributed by atoms with E-state index >= 15 is 0 Å². The number of ether oxygens (including phenoxy) is 1. The molecule has 8 heteroatoms. The molecule has 33 heavy (non-hydrogen) atoms. The highest BCUT2D eigenvalue weighted by atomic mass is 32.2. The third kappa shape index (κ3) is 4.34. The maximum Gasteiger partial charge on any atom is 0.410 e. The summed E-state index contributed by atoms with van der Waals surface area (Å²) in [6.07, 6.45) is 7.56. The molecule has 0 radical (unpaired) electrons. The molecule has 2 aromatic heterocycles. The van der Waals surface area contributed by atoms with Gasteiger partial charge in [-0.2, -0.15) is 0 Å². The number of likely N-dealkylation sites (tertiary alicyclic amines) is 1. The summed E-state index contributed by atoms with van der Waals surface area (Å²) in [7, 11) is 0. The van der Waals surface area contributed by atoms with Gasteiger partial charge in [0.1, 0.15) is 11.4 Å². The fourth-order valence-electron chi connectivity index (χ4n) is 5.06. The van der Waals surface area contributed by atoms with Crippen LogP contribution in [0.25, 0.3) is 5.52 Å². The molecule has 3 atom stereocenters. The van der Waals surface area contributed by atoms with Crippen LogP contribution in [0.1, 0.15) is 59.7 Å². The Bertz CT molecular complexity index is 1070. The number of aromatic nitrogens is 2. The largest absolute Gasteiger partial charge is 0.444 e. The first-order valence-electron chi connectivity index (χ1n) is 12.0. The van der Waals surface area contributed by atoms with Crippen molar-refractivity contribution in [3.8, 4) is 0 Å². The highest BCUT2D eigenvalue weighted by Gasteiger charge is 2.61. The molecule has 0 bridgehead atoms. The second kappa shape index (κ2) is 7.93. The van der Waals surface area contributed by atoms with E-state index in [1.54, 1.807) is 4.90 Å². The third-order valence-electron chi connectivity index (χ3n) is 7.02. The van der Waals surface area contributed by atoms with Gasteiger partial charge in [-0.3, -0.25) is 4.79 Å². The van der Waals surface area contributed by atoms with Crippen LogP contribution in [0.5, 0.6) is 0 Å². The second-order valence-electron chi connectivity index (χ2n) is 11.2. The molecule has 1 N–H and O–H groups in total. The molecule has 7 nitrogen and oxygen atoms in total. The van der Waals surface area contributed by atoms with E-state index < -0.39 is 11.1 Å². The van der Waals surface area contributed by atoms with E-state index in [4.69, 9.17) is 9.72 Å². The molecule has 3 aliphatic rings. The van der Waals surface area contributed by atoms with E-state index in [1.165, 1.54) is 24.2 Å². The molecule has 0 spiro atoms. The van der Waals surface area contributed by atoms with E-state index in [0.29, 0.717) is 18.3 Å². The molecule has 2 amide bonds. The van der Waals surface area contributed by atoms with Crippen molar-refractivity contribution in [2.75, 3.05) is 13.1 Å². The average Bonchev–Trinajstić information content (AvgIpc) is 3.03. The minimum absolute atomic E-state index is 0.0427. The van der Waals surface area contributed by atoms with E-state index in [0.717, 1.165) is 11.3 Å². The van der Waals surface area contributed by atoms with Gasteiger partial charge in [-0.1, -0.05) is 6.42 Å². The Labute approximate surface area is 199 Å². The molecule has 1 saturated heterocycles. The predicted octanol–water partition coefficient (Wildman–Crippen LogP) is 4.44. The number of amides is 2.